The molecule has 3 N–H and O–H groups in total. The molecule has 0 aliphatic rings. The first-order valence-corrected chi connectivity index (χ1v) is 8.60. The Morgan fingerprint density at radius 1 is 1.12 bits per heavy atom. The van der Waals surface area contributed by atoms with Crippen LogP contribution < -0.4 is 0 Å². The molecule has 1 heterocycles. The number of fused-ring (bicyclic) bond motifs is 1. The van der Waals surface area contributed by atoms with E-state index in [1.165, 1.54) is 0 Å². The maximum absolute atomic E-state index is 10.2. The van der Waals surface area contributed by atoms with Gasteiger partial charge in [0, 0.05) is 16.5 Å². The molecule has 0 amide bonds. The second-order valence-electron chi connectivity index (χ2n) is 6.14. The summed E-state index contributed by atoms with van der Waals surface area (Å²) in [5, 5.41) is 29.0. The van der Waals surface area contributed by atoms with Crippen LogP contribution in [0, 0.1) is 11.7 Å². The summed E-state index contributed by atoms with van der Waals surface area (Å²) in [7, 11) is 0. The van der Waals surface area contributed by atoms with Crippen molar-refractivity contribution in [2.75, 3.05) is 0 Å². The van der Waals surface area contributed by atoms with E-state index < -0.39 is 0 Å². The Labute approximate surface area is 155 Å². The maximum Gasteiger partial charge on any atom is 0.200 e. The SMILES string of the molecule is Cc1cc(CO)c(O)cc1-c1n[nH]c(=S)n1-c1cccc2ccccc12. The lowest BCUT2D eigenvalue weighted by Crippen LogP contribution is -2.00. The average Bonchev–Trinajstić information content (AvgIpc) is 3.03. The Balaban J connectivity index is 2.01. The summed E-state index contributed by atoms with van der Waals surface area (Å²) in [4.78, 5) is 0. The van der Waals surface area contributed by atoms with Crippen molar-refractivity contribution in [1.29, 1.82) is 0 Å². The van der Waals surface area contributed by atoms with Crippen LogP contribution in [0.3, 0.4) is 0 Å². The van der Waals surface area contributed by atoms with Crippen molar-refractivity contribution in [1.82, 2.24) is 14.8 Å². The van der Waals surface area contributed by atoms with Crippen molar-refractivity contribution in [3.8, 4) is 22.8 Å². The van der Waals surface area contributed by atoms with Crippen molar-refractivity contribution in [2.45, 2.75) is 13.5 Å². The van der Waals surface area contributed by atoms with Gasteiger partial charge in [0.15, 0.2) is 10.6 Å². The van der Waals surface area contributed by atoms with Crippen molar-refractivity contribution in [3.63, 3.8) is 0 Å². The fourth-order valence-corrected chi connectivity index (χ4v) is 3.46. The van der Waals surface area contributed by atoms with Crippen molar-refractivity contribution < 1.29 is 10.2 Å². The van der Waals surface area contributed by atoms with E-state index in [0.717, 1.165) is 27.6 Å². The van der Waals surface area contributed by atoms with Crippen LogP contribution in [0.1, 0.15) is 11.1 Å². The molecule has 1 aromatic heterocycles. The molecular weight excluding hydrogens is 346 g/mol. The van der Waals surface area contributed by atoms with Crippen molar-refractivity contribution in [2.24, 2.45) is 0 Å². The third kappa shape index (κ3) is 2.60. The zero-order valence-corrected chi connectivity index (χ0v) is 14.9. The number of H-pyrrole nitrogens is 1. The van der Waals surface area contributed by atoms with Crippen molar-refractivity contribution in [3.05, 3.63) is 70.5 Å². The molecule has 0 saturated heterocycles. The molecule has 0 unspecified atom stereocenters. The maximum atomic E-state index is 10.2. The standard InChI is InChI=1S/C20H17N3O2S/c1-12-9-14(11-24)18(25)10-16(12)19-21-22-20(26)23(19)17-8-4-6-13-5-2-3-7-15(13)17/h2-10,24-25H,11H2,1H3,(H,22,26). The van der Waals surface area contributed by atoms with Gasteiger partial charge in [0.2, 0.25) is 0 Å². The number of aromatic hydroxyl groups is 1. The minimum absolute atomic E-state index is 0.0338. The molecule has 130 valence electrons. The number of nitrogens with zero attached hydrogens (tertiary/aromatic N) is 2. The van der Waals surface area contributed by atoms with E-state index in [9.17, 15) is 10.2 Å². The molecular formula is C20H17N3O2S. The van der Waals surface area contributed by atoms with Crippen LogP contribution in [0.5, 0.6) is 5.75 Å². The van der Waals surface area contributed by atoms with Gasteiger partial charge in [0.1, 0.15) is 5.75 Å². The van der Waals surface area contributed by atoms with Gasteiger partial charge >= 0.3 is 0 Å². The van der Waals surface area contributed by atoms with Crippen molar-refractivity contribution >= 4 is 23.0 Å². The number of hydrogen-bond donors (Lipinski definition) is 3. The average molecular weight is 363 g/mol. The van der Waals surface area contributed by atoms with Crippen LogP contribution in [0.4, 0.5) is 0 Å². The molecule has 0 radical (unpaired) electrons. The highest BCUT2D eigenvalue weighted by atomic mass is 32.1. The third-order valence-electron chi connectivity index (χ3n) is 4.52. The molecule has 5 nitrogen and oxygen atoms in total. The molecule has 0 atom stereocenters. The summed E-state index contributed by atoms with van der Waals surface area (Å²) in [6.45, 7) is 1.70. The predicted octanol–water partition coefficient (Wildman–Crippen LogP) is 4.26. The molecule has 0 fully saturated rings. The lowest BCUT2D eigenvalue weighted by atomic mass is 10.0. The fraction of sp³-hybridized carbons (Fsp3) is 0.100. The van der Waals surface area contributed by atoms with Crippen LogP contribution in [-0.2, 0) is 6.61 Å². The largest absolute Gasteiger partial charge is 0.508 e. The molecule has 0 saturated carbocycles. The first kappa shape index (κ1) is 16.5. The van der Waals surface area contributed by atoms with Gasteiger partial charge in [-0.2, -0.15) is 5.10 Å². The topological polar surface area (TPSA) is 74.1 Å². The molecule has 4 rings (SSSR count). The number of aliphatic hydroxyl groups is 1. The van der Waals surface area contributed by atoms with Crippen LogP contribution in [0.15, 0.2) is 54.6 Å². The van der Waals surface area contributed by atoms with E-state index in [2.05, 4.69) is 22.3 Å². The minimum atomic E-state index is -0.219. The normalized spacial score (nSPS) is 11.2. The summed E-state index contributed by atoms with van der Waals surface area (Å²) in [6.07, 6.45) is 0. The Kier molecular flexibility index (Phi) is 4.06. The molecule has 26 heavy (non-hydrogen) atoms. The molecule has 0 aliphatic heterocycles. The lowest BCUT2D eigenvalue weighted by molar-refractivity contribution is 0.275. The highest BCUT2D eigenvalue weighted by molar-refractivity contribution is 7.71. The molecule has 4 aromatic rings. The van der Waals surface area contributed by atoms with E-state index in [0.29, 0.717) is 16.2 Å². The first-order chi connectivity index (χ1) is 12.6. The first-order valence-electron chi connectivity index (χ1n) is 8.19. The fourth-order valence-electron chi connectivity index (χ4n) is 3.23. The van der Waals surface area contributed by atoms with Gasteiger partial charge in [0.05, 0.1) is 12.3 Å². The van der Waals surface area contributed by atoms with Crippen LogP contribution in [-0.4, -0.2) is 25.0 Å². The van der Waals surface area contributed by atoms with Gasteiger partial charge in [-0.05, 0) is 48.3 Å². The predicted molar refractivity (Wildman–Crippen MR) is 104 cm³/mol. The quantitative estimate of drug-likeness (QED) is 0.476. The summed E-state index contributed by atoms with van der Waals surface area (Å²) >= 11 is 5.48. The Morgan fingerprint density at radius 3 is 2.69 bits per heavy atom. The minimum Gasteiger partial charge on any atom is -0.508 e. The van der Waals surface area contributed by atoms with Crippen LogP contribution in [0.25, 0.3) is 27.8 Å². The van der Waals surface area contributed by atoms with E-state index in [-0.39, 0.29) is 12.4 Å². The van der Waals surface area contributed by atoms with Gasteiger partial charge in [-0.3, -0.25) is 9.67 Å². The zero-order valence-electron chi connectivity index (χ0n) is 14.1. The molecule has 3 aromatic carbocycles. The number of rotatable bonds is 3. The smallest absolute Gasteiger partial charge is 0.200 e. The Morgan fingerprint density at radius 2 is 1.88 bits per heavy atom. The zero-order chi connectivity index (χ0) is 18.3. The number of aromatic amines is 1. The number of nitrogens with one attached hydrogen (secondary N) is 1. The second kappa shape index (κ2) is 6.40. The summed E-state index contributed by atoms with van der Waals surface area (Å²) < 4.78 is 2.35. The van der Waals surface area contributed by atoms with Gasteiger partial charge in [-0.25, -0.2) is 0 Å². The molecule has 6 heteroatoms. The van der Waals surface area contributed by atoms with Gasteiger partial charge in [-0.1, -0.05) is 36.4 Å². The summed E-state index contributed by atoms with van der Waals surface area (Å²) in [5.41, 5.74) is 3.04. The highest BCUT2D eigenvalue weighted by Crippen LogP contribution is 2.32. The van der Waals surface area contributed by atoms with Crippen LogP contribution >= 0.6 is 12.2 Å². The van der Waals surface area contributed by atoms with Crippen LogP contribution in [0.2, 0.25) is 0 Å². The third-order valence-corrected chi connectivity index (χ3v) is 4.79. The second-order valence-corrected chi connectivity index (χ2v) is 6.53. The summed E-state index contributed by atoms with van der Waals surface area (Å²) in [5.74, 6) is 0.648. The van der Waals surface area contributed by atoms with E-state index in [4.69, 9.17) is 12.2 Å². The monoisotopic (exact) mass is 363 g/mol. The Hall–Kier alpha value is -2.96. The summed E-state index contributed by atoms with van der Waals surface area (Å²) in [6, 6.07) is 17.5. The van der Waals surface area contributed by atoms with Gasteiger partial charge < -0.3 is 10.2 Å². The number of phenols is 1. The Bertz CT molecular complexity index is 1170. The number of aliphatic hydroxyl groups excluding tert-OH is 1. The molecule has 0 bridgehead atoms. The lowest BCUT2D eigenvalue weighted by Gasteiger charge is -2.13. The van der Waals surface area contributed by atoms with E-state index >= 15 is 0 Å². The number of hydrogen-bond acceptors (Lipinski definition) is 4. The molecule has 0 aliphatic carbocycles. The van der Waals surface area contributed by atoms with E-state index in [1.807, 2.05) is 41.8 Å². The number of aryl methyl sites for hydroxylation is 1. The van der Waals surface area contributed by atoms with E-state index in [1.54, 1.807) is 12.1 Å². The van der Waals surface area contributed by atoms with Gasteiger partial charge in [-0.15, -0.1) is 0 Å². The van der Waals surface area contributed by atoms with Gasteiger partial charge in [0.25, 0.3) is 0 Å². The molecule has 0 spiro atoms. The number of benzene rings is 3. The highest BCUT2D eigenvalue weighted by Gasteiger charge is 2.16. The number of aromatic nitrogens is 3.